The van der Waals surface area contributed by atoms with Gasteiger partial charge < -0.3 is 14.5 Å². The van der Waals surface area contributed by atoms with E-state index < -0.39 is 6.10 Å². The minimum absolute atomic E-state index is 0.255. The molecule has 0 aliphatic carbocycles. The van der Waals surface area contributed by atoms with Gasteiger partial charge in [-0.15, -0.1) is 0 Å². The molecular formula is C22H17Cl2N3O3. The predicted molar refractivity (Wildman–Crippen MR) is 116 cm³/mol. The molecule has 4 rings (SSSR count). The van der Waals surface area contributed by atoms with Crippen LogP contribution in [0.2, 0.25) is 10.0 Å². The van der Waals surface area contributed by atoms with Gasteiger partial charge in [-0.2, -0.15) is 4.98 Å². The number of fused-ring (bicyclic) bond motifs is 1. The molecule has 6 nitrogen and oxygen atoms in total. The third kappa shape index (κ3) is 4.56. The van der Waals surface area contributed by atoms with Crippen molar-refractivity contribution in [3.05, 3.63) is 76.4 Å². The lowest BCUT2D eigenvalue weighted by Gasteiger charge is -2.16. The monoisotopic (exact) mass is 441 g/mol. The van der Waals surface area contributed by atoms with Crippen LogP contribution in [0.25, 0.3) is 22.7 Å². The van der Waals surface area contributed by atoms with Gasteiger partial charge in [0, 0.05) is 23.3 Å². The van der Waals surface area contributed by atoms with Crippen molar-refractivity contribution in [1.29, 1.82) is 0 Å². The summed E-state index contributed by atoms with van der Waals surface area (Å²) in [5, 5.41) is 3.70. The smallest absolute Gasteiger partial charge is 0.261 e. The van der Waals surface area contributed by atoms with E-state index in [9.17, 15) is 4.79 Å². The van der Waals surface area contributed by atoms with Gasteiger partial charge in [0.25, 0.3) is 5.91 Å². The molecule has 0 aliphatic rings. The Kier molecular flexibility index (Phi) is 5.88. The van der Waals surface area contributed by atoms with Crippen LogP contribution in [0.15, 0.2) is 65.2 Å². The van der Waals surface area contributed by atoms with Gasteiger partial charge in [0.05, 0.1) is 5.02 Å². The molecule has 30 heavy (non-hydrogen) atoms. The largest absolute Gasteiger partial charge is 0.479 e. The highest BCUT2D eigenvalue weighted by Crippen LogP contribution is 2.28. The molecule has 0 aliphatic heterocycles. The Morgan fingerprint density at radius 3 is 2.70 bits per heavy atom. The second kappa shape index (κ2) is 8.73. The van der Waals surface area contributed by atoms with Crippen LogP contribution in [0.3, 0.4) is 0 Å². The van der Waals surface area contributed by atoms with Crippen LogP contribution >= 0.6 is 23.2 Å². The van der Waals surface area contributed by atoms with E-state index in [1.165, 1.54) is 0 Å². The van der Waals surface area contributed by atoms with E-state index in [-0.39, 0.29) is 5.91 Å². The summed E-state index contributed by atoms with van der Waals surface area (Å²) in [5.41, 5.74) is 2.97. The molecule has 0 spiro atoms. The molecule has 0 saturated carbocycles. The van der Waals surface area contributed by atoms with Crippen molar-refractivity contribution in [2.75, 3.05) is 0 Å². The van der Waals surface area contributed by atoms with E-state index >= 15 is 0 Å². The van der Waals surface area contributed by atoms with E-state index in [4.69, 9.17) is 32.4 Å². The molecule has 2 aromatic carbocycles. The topological polar surface area (TPSA) is 77.2 Å². The van der Waals surface area contributed by atoms with Crippen LogP contribution in [-0.2, 0) is 11.3 Å². The minimum Gasteiger partial charge on any atom is -0.479 e. The van der Waals surface area contributed by atoms with Crippen molar-refractivity contribution in [2.24, 2.45) is 0 Å². The molecule has 0 saturated heterocycles. The van der Waals surface area contributed by atoms with Crippen LogP contribution in [0, 0.1) is 0 Å². The quantitative estimate of drug-likeness (QED) is 0.440. The molecule has 1 atom stereocenters. The standard InChI is InChI=1S/C22H17Cl2N3O3/c1-13(29-18-9-8-16(23)11-17(18)24)21(28)26-12-14-4-6-15(7-5-14)22-27-20-19(30-22)3-2-10-25-20/h2-11,13H,12H2,1H3,(H,26,28). The molecule has 1 unspecified atom stereocenters. The first-order valence-corrected chi connectivity index (χ1v) is 9.95. The van der Waals surface area contributed by atoms with Gasteiger partial charge in [-0.1, -0.05) is 35.3 Å². The summed E-state index contributed by atoms with van der Waals surface area (Å²) < 4.78 is 11.3. The third-order valence-corrected chi connectivity index (χ3v) is 4.93. The van der Waals surface area contributed by atoms with Gasteiger partial charge in [-0.05, 0) is 55.0 Å². The molecule has 4 aromatic rings. The number of nitrogens with one attached hydrogen (secondary N) is 1. The van der Waals surface area contributed by atoms with Crippen molar-refractivity contribution < 1.29 is 13.9 Å². The molecule has 2 heterocycles. The Hall–Kier alpha value is -3.09. The first-order valence-electron chi connectivity index (χ1n) is 9.20. The molecule has 0 bridgehead atoms. The Balaban J connectivity index is 1.35. The second-order valence-corrected chi connectivity index (χ2v) is 7.44. The fourth-order valence-electron chi connectivity index (χ4n) is 2.81. The zero-order valence-corrected chi connectivity index (χ0v) is 17.4. The van der Waals surface area contributed by atoms with E-state index in [2.05, 4.69) is 15.3 Å². The summed E-state index contributed by atoms with van der Waals surface area (Å²) in [7, 11) is 0. The van der Waals surface area contributed by atoms with Gasteiger partial charge in [0.2, 0.25) is 5.89 Å². The number of hydrogen-bond donors (Lipinski definition) is 1. The van der Waals surface area contributed by atoms with Gasteiger partial charge in [0.1, 0.15) is 5.75 Å². The number of benzene rings is 2. The average Bonchev–Trinajstić information content (AvgIpc) is 3.18. The molecule has 2 aromatic heterocycles. The number of carbonyl (C=O) groups is 1. The molecule has 152 valence electrons. The summed E-state index contributed by atoms with van der Waals surface area (Å²) in [4.78, 5) is 20.9. The first kappa shape index (κ1) is 20.2. The molecule has 0 radical (unpaired) electrons. The summed E-state index contributed by atoms with van der Waals surface area (Å²) in [5.74, 6) is 0.650. The Labute approximate surface area is 182 Å². The number of oxazole rings is 1. The first-order chi connectivity index (χ1) is 14.5. The Morgan fingerprint density at radius 1 is 1.17 bits per heavy atom. The number of pyridine rings is 1. The van der Waals surface area contributed by atoms with Gasteiger partial charge >= 0.3 is 0 Å². The SMILES string of the molecule is CC(Oc1ccc(Cl)cc1Cl)C(=O)NCc1ccc(-c2nc3ncccc3o2)cc1. The number of ether oxygens (including phenoxy) is 1. The molecule has 0 fully saturated rings. The fourth-order valence-corrected chi connectivity index (χ4v) is 3.26. The number of aromatic nitrogens is 2. The van der Waals surface area contributed by atoms with Crippen molar-refractivity contribution >= 4 is 40.3 Å². The lowest BCUT2D eigenvalue weighted by atomic mass is 10.1. The normalized spacial score (nSPS) is 12.0. The number of nitrogens with zero attached hydrogens (tertiary/aromatic N) is 2. The molecule has 1 amide bonds. The summed E-state index contributed by atoms with van der Waals surface area (Å²) in [6.07, 6.45) is 0.960. The number of carbonyl (C=O) groups excluding carboxylic acids is 1. The predicted octanol–water partition coefficient (Wildman–Crippen LogP) is 5.28. The zero-order valence-electron chi connectivity index (χ0n) is 15.9. The zero-order chi connectivity index (χ0) is 21.1. The van der Waals surface area contributed by atoms with Crippen molar-refractivity contribution in [3.63, 3.8) is 0 Å². The number of hydrogen-bond acceptors (Lipinski definition) is 5. The highest BCUT2D eigenvalue weighted by molar-refractivity contribution is 6.35. The maximum atomic E-state index is 12.3. The Morgan fingerprint density at radius 2 is 1.97 bits per heavy atom. The van der Waals surface area contributed by atoms with Crippen LogP contribution in [0.5, 0.6) is 5.75 Å². The van der Waals surface area contributed by atoms with Crippen LogP contribution < -0.4 is 10.1 Å². The molecule has 8 heteroatoms. The minimum atomic E-state index is -0.713. The number of halogens is 2. The van der Waals surface area contributed by atoms with Crippen LogP contribution in [0.1, 0.15) is 12.5 Å². The summed E-state index contributed by atoms with van der Waals surface area (Å²) in [6, 6.07) is 16.1. The highest BCUT2D eigenvalue weighted by Gasteiger charge is 2.16. The van der Waals surface area contributed by atoms with Crippen molar-refractivity contribution in [2.45, 2.75) is 19.6 Å². The van der Waals surface area contributed by atoms with Gasteiger partial charge in [-0.3, -0.25) is 4.79 Å². The van der Waals surface area contributed by atoms with E-state index in [1.807, 2.05) is 30.3 Å². The number of rotatable bonds is 6. The number of amides is 1. The lowest BCUT2D eigenvalue weighted by Crippen LogP contribution is -2.35. The molecule has 1 N–H and O–H groups in total. The van der Waals surface area contributed by atoms with E-state index in [0.717, 1.165) is 11.1 Å². The highest BCUT2D eigenvalue weighted by atomic mass is 35.5. The summed E-state index contributed by atoms with van der Waals surface area (Å²) in [6.45, 7) is 2.01. The van der Waals surface area contributed by atoms with Gasteiger partial charge in [-0.25, -0.2) is 4.98 Å². The van der Waals surface area contributed by atoms with Crippen molar-refractivity contribution in [3.8, 4) is 17.2 Å². The van der Waals surface area contributed by atoms with Gasteiger partial charge in [0.15, 0.2) is 17.3 Å². The van der Waals surface area contributed by atoms with E-state index in [1.54, 1.807) is 37.4 Å². The van der Waals surface area contributed by atoms with Crippen LogP contribution in [0.4, 0.5) is 0 Å². The average molecular weight is 442 g/mol. The molecular weight excluding hydrogens is 425 g/mol. The summed E-state index contributed by atoms with van der Waals surface area (Å²) >= 11 is 12.0. The third-order valence-electron chi connectivity index (χ3n) is 4.40. The lowest BCUT2D eigenvalue weighted by molar-refractivity contribution is -0.127. The second-order valence-electron chi connectivity index (χ2n) is 6.59. The van der Waals surface area contributed by atoms with Crippen molar-refractivity contribution in [1.82, 2.24) is 15.3 Å². The fraction of sp³-hybridized carbons (Fsp3) is 0.136. The van der Waals surface area contributed by atoms with Crippen LogP contribution in [-0.4, -0.2) is 22.0 Å². The van der Waals surface area contributed by atoms with E-state index in [0.29, 0.717) is 39.5 Å². The Bertz CT molecular complexity index is 1160. The maximum absolute atomic E-state index is 12.3. The maximum Gasteiger partial charge on any atom is 0.261 e.